The molecule has 0 unspecified atom stereocenters. The molecule has 2 atom stereocenters. The standard InChI is InChI=1S/C15H20N2/c1-3-6-11-10-13-12(8-5-9-14(13)16)15(17-11)7-4-2/h3-5,8-9,11,15,17H,1-2,6-7,10,16H2/t11-,15-/m1/s1. The lowest BCUT2D eigenvalue weighted by Gasteiger charge is -2.33. The van der Waals surface area contributed by atoms with E-state index in [0.29, 0.717) is 12.1 Å². The van der Waals surface area contributed by atoms with Gasteiger partial charge in [-0.05, 0) is 36.5 Å². The van der Waals surface area contributed by atoms with E-state index in [0.717, 1.165) is 24.9 Å². The quantitative estimate of drug-likeness (QED) is 0.614. The molecular formula is C15H20N2. The molecule has 1 aliphatic rings. The molecule has 2 heteroatoms. The zero-order valence-corrected chi connectivity index (χ0v) is 10.2. The summed E-state index contributed by atoms with van der Waals surface area (Å²) in [5, 5.41) is 3.64. The molecule has 1 aromatic carbocycles. The first-order chi connectivity index (χ1) is 8.26. The number of benzene rings is 1. The fourth-order valence-electron chi connectivity index (χ4n) is 2.58. The highest BCUT2D eigenvalue weighted by molar-refractivity contribution is 5.53. The first-order valence-corrected chi connectivity index (χ1v) is 6.11. The summed E-state index contributed by atoms with van der Waals surface area (Å²) in [5.74, 6) is 0. The fraction of sp³-hybridized carbons (Fsp3) is 0.333. The van der Waals surface area contributed by atoms with Gasteiger partial charge in [0.1, 0.15) is 0 Å². The molecule has 0 fully saturated rings. The van der Waals surface area contributed by atoms with Crippen LogP contribution in [0.2, 0.25) is 0 Å². The van der Waals surface area contributed by atoms with Crippen LogP contribution in [0, 0.1) is 0 Å². The van der Waals surface area contributed by atoms with Crippen LogP contribution in [0.25, 0.3) is 0 Å². The largest absolute Gasteiger partial charge is 0.398 e. The number of hydrogen-bond acceptors (Lipinski definition) is 2. The minimum atomic E-state index is 0.338. The first kappa shape index (κ1) is 11.9. The summed E-state index contributed by atoms with van der Waals surface area (Å²) in [6.45, 7) is 7.64. The maximum absolute atomic E-state index is 6.08. The van der Waals surface area contributed by atoms with Crippen LogP contribution >= 0.6 is 0 Å². The van der Waals surface area contributed by atoms with Gasteiger partial charge in [-0.25, -0.2) is 0 Å². The Bertz CT molecular complexity index is 423. The molecule has 3 N–H and O–H groups in total. The maximum atomic E-state index is 6.08. The van der Waals surface area contributed by atoms with Gasteiger partial charge in [0.15, 0.2) is 0 Å². The number of nitrogens with one attached hydrogen (secondary N) is 1. The lowest BCUT2D eigenvalue weighted by Crippen LogP contribution is -2.39. The molecule has 0 saturated carbocycles. The van der Waals surface area contributed by atoms with Gasteiger partial charge in [-0.15, -0.1) is 13.2 Å². The molecule has 0 saturated heterocycles. The third-order valence-corrected chi connectivity index (χ3v) is 3.36. The molecule has 17 heavy (non-hydrogen) atoms. The second-order valence-corrected chi connectivity index (χ2v) is 4.58. The van der Waals surface area contributed by atoms with Gasteiger partial charge in [0.25, 0.3) is 0 Å². The van der Waals surface area contributed by atoms with Crippen LogP contribution in [0.15, 0.2) is 43.5 Å². The Hall–Kier alpha value is -1.54. The van der Waals surface area contributed by atoms with E-state index in [9.17, 15) is 0 Å². The van der Waals surface area contributed by atoms with Crippen molar-refractivity contribution in [2.45, 2.75) is 31.3 Å². The van der Waals surface area contributed by atoms with E-state index in [-0.39, 0.29) is 0 Å². The monoisotopic (exact) mass is 228 g/mol. The van der Waals surface area contributed by atoms with Gasteiger partial charge < -0.3 is 11.1 Å². The summed E-state index contributed by atoms with van der Waals surface area (Å²) in [7, 11) is 0. The SMILES string of the molecule is C=CC[C@@H]1Cc2c(N)cccc2[C@@H](CC=C)N1. The summed E-state index contributed by atoms with van der Waals surface area (Å²) in [6, 6.07) is 6.95. The Morgan fingerprint density at radius 1 is 1.29 bits per heavy atom. The van der Waals surface area contributed by atoms with Crippen molar-refractivity contribution in [3.63, 3.8) is 0 Å². The molecule has 1 aliphatic heterocycles. The van der Waals surface area contributed by atoms with Crippen molar-refractivity contribution in [1.82, 2.24) is 5.32 Å². The topological polar surface area (TPSA) is 38.0 Å². The van der Waals surface area contributed by atoms with Gasteiger partial charge in [-0.3, -0.25) is 0 Å². The Morgan fingerprint density at radius 3 is 2.76 bits per heavy atom. The van der Waals surface area contributed by atoms with Crippen LogP contribution in [0.1, 0.15) is 30.0 Å². The van der Waals surface area contributed by atoms with Crippen LogP contribution in [0.5, 0.6) is 0 Å². The summed E-state index contributed by atoms with van der Waals surface area (Å²) < 4.78 is 0. The smallest absolute Gasteiger partial charge is 0.0360 e. The molecule has 1 heterocycles. The zero-order chi connectivity index (χ0) is 12.3. The zero-order valence-electron chi connectivity index (χ0n) is 10.2. The first-order valence-electron chi connectivity index (χ1n) is 6.11. The van der Waals surface area contributed by atoms with Crippen molar-refractivity contribution < 1.29 is 0 Å². The summed E-state index contributed by atoms with van der Waals surface area (Å²) in [4.78, 5) is 0. The Labute approximate surface area is 103 Å². The highest BCUT2D eigenvalue weighted by Gasteiger charge is 2.25. The van der Waals surface area contributed by atoms with E-state index in [4.69, 9.17) is 5.73 Å². The van der Waals surface area contributed by atoms with E-state index in [1.54, 1.807) is 0 Å². The van der Waals surface area contributed by atoms with Crippen molar-refractivity contribution in [2.24, 2.45) is 0 Å². The molecule has 0 radical (unpaired) electrons. The number of anilines is 1. The molecule has 0 aliphatic carbocycles. The van der Waals surface area contributed by atoms with Crippen LogP contribution in [-0.2, 0) is 6.42 Å². The van der Waals surface area contributed by atoms with E-state index >= 15 is 0 Å². The second-order valence-electron chi connectivity index (χ2n) is 4.58. The lowest BCUT2D eigenvalue weighted by molar-refractivity contribution is 0.406. The van der Waals surface area contributed by atoms with Crippen LogP contribution in [-0.4, -0.2) is 6.04 Å². The van der Waals surface area contributed by atoms with E-state index in [1.165, 1.54) is 11.1 Å². The van der Waals surface area contributed by atoms with E-state index < -0.39 is 0 Å². The second kappa shape index (κ2) is 5.19. The highest BCUT2D eigenvalue weighted by atomic mass is 15.0. The van der Waals surface area contributed by atoms with Crippen LogP contribution in [0.4, 0.5) is 5.69 Å². The predicted octanol–water partition coefficient (Wildman–Crippen LogP) is 2.98. The number of nitrogens with two attached hydrogens (primary N) is 1. The molecule has 0 aromatic heterocycles. The summed E-state index contributed by atoms with van der Waals surface area (Å²) in [5.41, 5.74) is 9.61. The average molecular weight is 228 g/mol. The van der Waals surface area contributed by atoms with Crippen molar-refractivity contribution >= 4 is 5.69 Å². The fourth-order valence-corrected chi connectivity index (χ4v) is 2.58. The molecule has 0 amide bonds. The Kier molecular flexibility index (Phi) is 3.64. The third kappa shape index (κ3) is 2.42. The van der Waals surface area contributed by atoms with E-state index in [1.807, 2.05) is 24.3 Å². The van der Waals surface area contributed by atoms with Gasteiger partial charge in [-0.1, -0.05) is 24.3 Å². The van der Waals surface area contributed by atoms with Gasteiger partial charge in [0, 0.05) is 17.8 Å². The normalized spacial score (nSPS) is 22.8. The Morgan fingerprint density at radius 2 is 2.06 bits per heavy atom. The molecular weight excluding hydrogens is 208 g/mol. The van der Waals surface area contributed by atoms with Crippen molar-refractivity contribution in [2.75, 3.05) is 5.73 Å². The lowest BCUT2D eigenvalue weighted by atomic mass is 9.86. The molecule has 2 rings (SSSR count). The molecule has 90 valence electrons. The minimum absolute atomic E-state index is 0.338. The molecule has 0 spiro atoms. The molecule has 0 bridgehead atoms. The van der Waals surface area contributed by atoms with Crippen molar-refractivity contribution in [3.8, 4) is 0 Å². The summed E-state index contributed by atoms with van der Waals surface area (Å²) in [6.07, 6.45) is 6.82. The average Bonchev–Trinajstić information content (AvgIpc) is 2.31. The van der Waals surface area contributed by atoms with Crippen LogP contribution < -0.4 is 11.1 Å². The van der Waals surface area contributed by atoms with Gasteiger partial charge in [-0.2, -0.15) is 0 Å². The molecule has 2 nitrogen and oxygen atoms in total. The summed E-state index contributed by atoms with van der Waals surface area (Å²) >= 11 is 0. The number of rotatable bonds is 4. The number of fused-ring (bicyclic) bond motifs is 1. The van der Waals surface area contributed by atoms with Crippen molar-refractivity contribution in [3.05, 3.63) is 54.6 Å². The Balaban J connectivity index is 2.34. The molecule has 1 aromatic rings. The third-order valence-electron chi connectivity index (χ3n) is 3.36. The van der Waals surface area contributed by atoms with Gasteiger partial charge in [0.2, 0.25) is 0 Å². The number of hydrogen-bond donors (Lipinski definition) is 2. The van der Waals surface area contributed by atoms with Gasteiger partial charge >= 0.3 is 0 Å². The minimum Gasteiger partial charge on any atom is -0.398 e. The number of nitrogen functional groups attached to an aromatic ring is 1. The van der Waals surface area contributed by atoms with E-state index in [2.05, 4.69) is 24.5 Å². The predicted molar refractivity (Wildman–Crippen MR) is 73.9 cm³/mol. The highest BCUT2D eigenvalue weighted by Crippen LogP contribution is 2.32. The van der Waals surface area contributed by atoms with Crippen molar-refractivity contribution in [1.29, 1.82) is 0 Å². The van der Waals surface area contributed by atoms with Gasteiger partial charge in [0.05, 0.1) is 0 Å². The maximum Gasteiger partial charge on any atom is 0.0360 e. The van der Waals surface area contributed by atoms with Crippen LogP contribution in [0.3, 0.4) is 0 Å².